The van der Waals surface area contributed by atoms with Crippen LogP contribution in [0.1, 0.15) is 22.3 Å². The van der Waals surface area contributed by atoms with Gasteiger partial charge in [0, 0.05) is 41.8 Å². The van der Waals surface area contributed by atoms with Gasteiger partial charge < -0.3 is 4.90 Å². The highest BCUT2D eigenvalue weighted by atomic mass is 15.1. The fraction of sp³-hybridized carbons (Fsp3) is 0.0213. The number of benzene rings is 6. The molecule has 2 aromatic heterocycles. The van der Waals surface area contributed by atoms with E-state index in [1.807, 2.05) is 36.9 Å². The lowest BCUT2D eigenvalue weighted by atomic mass is 9.68. The van der Waals surface area contributed by atoms with Crippen LogP contribution in [0.4, 0.5) is 17.1 Å². The predicted molar refractivity (Wildman–Crippen MR) is 205 cm³/mol. The van der Waals surface area contributed by atoms with Crippen molar-refractivity contribution < 1.29 is 0 Å². The summed E-state index contributed by atoms with van der Waals surface area (Å²) in [6.07, 6.45) is 7.71. The Morgan fingerprint density at radius 1 is 0.360 bits per heavy atom. The minimum absolute atomic E-state index is 0.593. The van der Waals surface area contributed by atoms with Crippen LogP contribution >= 0.6 is 0 Å². The van der Waals surface area contributed by atoms with Crippen LogP contribution in [0.3, 0.4) is 0 Å². The summed E-state index contributed by atoms with van der Waals surface area (Å²) in [4.78, 5) is 11.6. The highest BCUT2D eigenvalue weighted by Gasteiger charge is 2.46. The standard InChI is InChI=1S/C47H33N3/c1-3-11-34(12-4-1)36-19-23-40(24-20-36)50(41-25-21-37(22-26-41)35-13-5-2-6-14-35)42-27-28-44-43-17-7-8-18-45(43)47(46(44)31-42,38-15-9-29-48-32-38)39-16-10-30-49-33-39/h1-33H. The smallest absolute Gasteiger partial charge is 0.0744 e. The van der Waals surface area contributed by atoms with Gasteiger partial charge in [-0.2, -0.15) is 0 Å². The Morgan fingerprint density at radius 2 is 0.820 bits per heavy atom. The van der Waals surface area contributed by atoms with Gasteiger partial charge in [0.1, 0.15) is 0 Å². The van der Waals surface area contributed by atoms with Gasteiger partial charge in [0.15, 0.2) is 0 Å². The first-order valence-electron chi connectivity index (χ1n) is 17.0. The molecule has 0 amide bonds. The summed E-state index contributed by atoms with van der Waals surface area (Å²) in [5, 5.41) is 0. The SMILES string of the molecule is c1ccc(-c2ccc(N(c3ccc(-c4ccccc4)cc3)c3ccc4c(c3)C(c3cccnc3)(c3cccnc3)c3ccccc3-4)cc2)cc1. The predicted octanol–water partition coefficient (Wildman–Crippen LogP) is 11.6. The average Bonchev–Trinajstić information content (AvgIpc) is 3.50. The summed E-state index contributed by atoms with van der Waals surface area (Å²) in [6.45, 7) is 0. The van der Waals surface area contributed by atoms with Gasteiger partial charge >= 0.3 is 0 Å². The van der Waals surface area contributed by atoms with E-state index in [1.54, 1.807) is 0 Å². The van der Waals surface area contributed by atoms with Crippen LogP contribution in [0, 0.1) is 0 Å². The second kappa shape index (κ2) is 12.5. The molecule has 0 radical (unpaired) electrons. The monoisotopic (exact) mass is 639 g/mol. The van der Waals surface area contributed by atoms with E-state index in [-0.39, 0.29) is 0 Å². The molecule has 0 fully saturated rings. The van der Waals surface area contributed by atoms with Crippen LogP contribution in [0.15, 0.2) is 201 Å². The summed E-state index contributed by atoms with van der Waals surface area (Å²) >= 11 is 0. The number of nitrogens with zero attached hydrogens (tertiary/aromatic N) is 3. The molecule has 0 saturated carbocycles. The molecule has 236 valence electrons. The maximum atomic E-state index is 4.63. The molecule has 9 rings (SSSR count). The van der Waals surface area contributed by atoms with Gasteiger partial charge in [-0.3, -0.25) is 9.97 Å². The van der Waals surface area contributed by atoms with Crippen molar-refractivity contribution in [1.29, 1.82) is 0 Å². The van der Waals surface area contributed by atoms with E-state index in [4.69, 9.17) is 0 Å². The van der Waals surface area contributed by atoms with Gasteiger partial charge in [0.25, 0.3) is 0 Å². The molecule has 0 spiro atoms. The second-order valence-corrected chi connectivity index (χ2v) is 12.7. The average molecular weight is 640 g/mol. The summed E-state index contributed by atoms with van der Waals surface area (Å²) in [7, 11) is 0. The lowest BCUT2D eigenvalue weighted by Gasteiger charge is -2.34. The van der Waals surface area contributed by atoms with Gasteiger partial charge in [-0.1, -0.05) is 127 Å². The second-order valence-electron chi connectivity index (χ2n) is 12.7. The molecule has 6 aromatic carbocycles. The molecule has 8 aromatic rings. The molecule has 0 unspecified atom stereocenters. The third-order valence-electron chi connectivity index (χ3n) is 9.94. The molecular formula is C47H33N3. The third kappa shape index (κ3) is 4.91. The number of rotatable bonds is 7. The van der Waals surface area contributed by atoms with Crippen molar-refractivity contribution in [2.45, 2.75) is 5.41 Å². The summed E-state index contributed by atoms with van der Waals surface area (Å²) < 4.78 is 0. The maximum Gasteiger partial charge on any atom is 0.0744 e. The van der Waals surface area contributed by atoms with Crippen LogP contribution in [-0.4, -0.2) is 9.97 Å². The van der Waals surface area contributed by atoms with E-state index in [1.165, 1.54) is 44.5 Å². The van der Waals surface area contributed by atoms with Crippen LogP contribution in [0.5, 0.6) is 0 Å². The molecular weight excluding hydrogens is 607 g/mol. The minimum Gasteiger partial charge on any atom is -0.310 e. The highest BCUT2D eigenvalue weighted by molar-refractivity contribution is 5.89. The van der Waals surface area contributed by atoms with Gasteiger partial charge in [0.2, 0.25) is 0 Å². The lowest BCUT2D eigenvalue weighted by Crippen LogP contribution is -2.29. The molecule has 3 nitrogen and oxygen atoms in total. The number of pyridine rings is 2. The number of anilines is 3. The largest absolute Gasteiger partial charge is 0.310 e. The molecule has 50 heavy (non-hydrogen) atoms. The Bertz CT molecular complexity index is 2270. The van der Waals surface area contributed by atoms with Crippen molar-refractivity contribution in [2.24, 2.45) is 0 Å². The molecule has 1 aliphatic carbocycles. The van der Waals surface area contributed by atoms with Crippen molar-refractivity contribution in [3.05, 3.63) is 223 Å². The van der Waals surface area contributed by atoms with Gasteiger partial charge in [0.05, 0.1) is 5.41 Å². The lowest BCUT2D eigenvalue weighted by molar-refractivity contribution is 0.757. The first kappa shape index (κ1) is 29.6. The number of hydrogen-bond acceptors (Lipinski definition) is 3. The Morgan fingerprint density at radius 3 is 1.34 bits per heavy atom. The summed E-state index contributed by atoms with van der Waals surface area (Å²) in [5.74, 6) is 0. The van der Waals surface area contributed by atoms with E-state index >= 15 is 0 Å². The normalized spacial score (nSPS) is 12.6. The van der Waals surface area contributed by atoms with Gasteiger partial charge in [-0.05, 0) is 104 Å². The zero-order chi connectivity index (χ0) is 33.3. The molecule has 0 atom stereocenters. The van der Waals surface area contributed by atoms with Crippen LogP contribution in [-0.2, 0) is 5.41 Å². The summed E-state index contributed by atoms with van der Waals surface area (Å²) in [5.41, 5.74) is 14.5. The Labute approximate surface area is 292 Å². The highest BCUT2D eigenvalue weighted by Crippen LogP contribution is 2.57. The van der Waals surface area contributed by atoms with E-state index in [9.17, 15) is 0 Å². The third-order valence-corrected chi connectivity index (χ3v) is 9.94. The van der Waals surface area contributed by atoms with Crippen LogP contribution in [0.2, 0.25) is 0 Å². The number of hydrogen-bond donors (Lipinski definition) is 0. The van der Waals surface area contributed by atoms with E-state index in [0.29, 0.717) is 0 Å². The number of aromatic nitrogens is 2. The fourth-order valence-corrected chi connectivity index (χ4v) is 7.68. The van der Waals surface area contributed by atoms with Gasteiger partial charge in [-0.25, -0.2) is 0 Å². The Hall–Kier alpha value is -6.58. The molecule has 1 aliphatic rings. The molecule has 0 bridgehead atoms. The van der Waals surface area contributed by atoms with E-state index in [2.05, 4.69) is 179 Å². The minimum atomic E-state index is -0.593. The topological polar surface area (TPSA) is 29.0 Å². The Balaban J connectivity index is 1.25. The first-order valence-corrected chi connectivity index (χ1v) is 17.0. The van der Waals surface area contributed by atoms with Crippen molar-refractivity contribution >= 4 is 17.1 Å². The van der Waals surface area contributed by atoms with Gasteiger partial charge in [-0.15, -0.1) is 0 Å². The van der Waals surface area contributed by atoms with Crippen LogP contribution < -0.4 is 4.90 Å². The van der Waals surface area contributed by atoms with Crippen LogP contribution in [0.25, 0.3) is 33.4 Å². The molecule has 0 aliphatic heterocycles. The van der Waals surface area contributed by atoms with E-state index in [0.717, 1.165) is 28.2 Å². The van der Waals surface area contributed by atoms with Crippen molar-refractivity contribution in [1.82, 2.24) is 9.97 Å². The molecule has 0 N–H and O–H groups in total. The zero-order valence-electron chi connectivity index (χ0n) is 27.4. The van der Waals surface area contributed by atoms with Crippen molar-refractivity contribution in [2.75, 3.05) is 4.90 Å². The number of fused-ring (bicyclic) bond motifs is 3. The first-order chi connectivity index (χ1) is 24.8. The fourth-order valence-electron chi connectivity index (χ4n) is 7.68. The molecule has 0 saturated heterocycles. The summed E-state index contributed by atoms with van der Waals surface area (Å²) in [6, 6.07) is 63.0. The molecule has 2 heterocycles. The van der Waals surface area contributed by atoms with Crippen molar-refractivity contribution in [3.63, 3.8) is 0 Å². The van der Waals surface area contributed by atoms with Crippen molar-refractivity contribution in [3.8, 4) is 33.4 Å². The molecule has 3 heteroatoms. The quantitative estimate of drug-likeness (QED) is 0.174. The zero-order valence-corrected chi connectivity index (χ0v) is 27.4. The Kier molecular flexibility index (Phi) is 7.37. The maximum absolute atomic E-state index is 4.63. The van der Waals surface area contributed by atoms with E-state index < -0.39 is 5.41 Å².